The lowest BCUT2D eigenvalue weighted by Crippen LogP contribution is -2.36. The molecule has 1 unspecified atom stereocenters. The van der Waals surface area contributed by atoms with Crippen LogP contribution in [0.4, 0.5) is 0 Å². The molecular weight excluding hydrogens is 212 g/mol. The SMILES string of the molecule is CC(C)c1ccc(C(=O)NC2CCNC2)cc1. The van der Waals surface area contributed by atoms with E-state index in [1.807, 2.05) is 24.3 Å². The molecule has 3 heteroatoms. The second-order valence-electron chi connectivity index (χ2n) is 4.94. The van der Waals surface area contributed by atoms with Gasteiger partial charge in [-0.25, -0.2) is 0 Å². The fourth-order valence-corrected chi connectivity index (χ4v) is 2.07. The van der Waals surface area contributed by atoms with Gasteiger partial charge < -0.3 is 10.6 Å². The Balaban J connectivity index is 1.98. The molecule has 0 spiro atoms. The van der Waals surface area contributed by atoms with Gasteiger partial charge in [-0.2, -0.15) is 0 Å². The first-order valence-electron chi connectivity index (χ1n) is 6.28. The molecule has 3 nitrogen and oxygen atoms in total. The predicted molar refractivity (Wildman–Crippen MR) is 69.3 cm³/mol. The molecular formula is C14H20N2O. The third-order valence-electron chi connectivity index (χ3n) is 3.24. The van der Waals surface area contributed by atoms with Crippen molar-refractivity contribution in [1.82, 2.24) is 10.6 Å². The van der Waals surface area contributed by atoms with Crippen molar-refractivity contribution in [2.24, 2.45) is 0 Å². The van der Waals surface area contributed by atoms with E-state index in [-0.39, 0.29) is 11.9 Å². The second kappa shape index (κ2) is 5.32. The van der Waals surface area contributed by atoms with Crippen molar-refractivity contribution >= 4 is 5.91 Å². The smallest absolute Gasteiger partial charge is 0.251 e. The summed E-state index contributed by atoms with van der Waals surface area (Å²) >= 11 is 0. The monoisotopic (exact) mass is 232 g/mol. The summed E-state index contributed by atoms with van der Waals surface area (Å²) in [6, 6.07) is 8.17. The van der Waals surface area contributed by atoms with Crippen LogP contribution in [0.15, 0.2) is 24.3 Å². The van der Waals surface area contributed by atoms with Crippen LogP contribution in [0.3, 0.4) is 0 Å². The minimum atomic E-state index is 0.0361. The first kappa shape index (κ1) is 12.1. The Morgan fingerprint density at radius 2 is 2.06 bits per heavy atom. The van der Waals surface area contributed by atoms with E-state index < -0.39 is 0 Å². The summed E-state index contributed by atoms with van der Waals surface area (Å²) in [5.74, 6) is 0.542. The molecule has 1 fully saturated rings. The second-order valence-corrected chi connectivity index (χ2v) is 4.94. The van der Waals surface area contributed by atoms with Gasteiger partial charge in [0.25, 0.3) is 5.91 Å². The number of nitrogens with one attached hydrogen (secondary N) is 2. The fraction of sp³-hybridized carbons (Fsp3) is 0.500. The highest BCUT2D eigenvalue weighted by Crippen LogP contribution is 2.14. The molecule has 1 heterocycles. The Morgan fingerprint density at radius 1 is 1.35 bits per heavy atom. The van der Waals surface area contributed by atoms with E-state index in [0.29, 0.717) is 5.92 Å². The Hall–Kier alpha value is -1.35. The maximum absolute atomic E-state index is 11.9. The van der Waals surface area contributed by atoms with Gasteiger partial charge in [0.1, 0.15) is 0 Å². The van der Waals surface area contributed by atoms with Gasteiger partial charge in [-0.05, 0) is 36.6 Å². The quantitative estimate of drug-likeness (QED) is 0.835. The Morgan fingerprint density at radius 3 is 2.59 bits per heavy atom. The number of amides is 1. The lowest BCUT2D eigenvalue weighted by molar-refractivity contribution is 0.0940. The van der Waals surface area contributed by atoms with Crippen LogP contribution in [0.1, 0.15) is 42.1 Å². The van der Waals surface area contributed by atoms with Crippen LogP contribution in [0, 0.1) is 0 Å². The molecule has 0 aromatic heterocycles. The van der Waals surface area contributed by atoms with Gasteiger partial charge in [0, 0.05) is 18.2 Å². The topological polar surface area (TPSA) is 41.1 Å². The summed E-state index contributed by atoms with van der Waals surface area (Å²) in [4.78, 5) is 11.9. The number of hydrogen-bond donors (Lipinski definition) is 2. The van der Waals surface area contributed by atoms with Crippen molar-refractivity contribution in [2.75, 3.05) is 13.1 Å². The molecule has 0 aliphatic carbocycles. The zero-order valence-corrected chi connectivity index (χ0v) is 10.5. The van der Waals surface area contributed by atoms with E-state index in [4.69, 9.17) is 0 Å². The third-order valence-corrected chi connectivity index (χ3v) is 3.24. The fourth-order valence-electron chi connectivity index (χ4n) is 2.07. The van der Waals surface area contributed by atoms with Crippen LogP contribution >= 0.6 is 0 Å². The summed E-state index contributed by atoms with van der Waals surface area (Å²) in [6.45, 7) is 6.19. The molecule has 17 heavy (non-hydrogen) atoms. The molecule has 1 atom stereocenters. The first-order valence-corrected chi connectivity index (χ1v) is 6.28. The summed E-state index contributed by atoms with van der Waals surface area (Å²) in [6.07, 6.45) is 1.02. The lowest BCUT2D eigenvalue weighted by atomic mass is 10.0. The van der Waals surface area contributed by atoms with Crippen molar-refractivity contribution in [3.05, 3.63) is 35.4 Å². The predicted octanol–water partition coefficient (Wildman–Crippen LogP) is 1.90. The van der Waals surface area contributed by atoms with E-state index in [9.17, 15) is 4.79 Å². The molecule has 1 saturated heterocycles. The summed E-state index contributed by atoms with van der Waals surface area (Å²) in [7, 11) is 0. The Labute approximate surface area is 103 Å². The molecule has 1 aromatic rings. The molecule has 2 N–H and O–H groups in total. The number of carbonyl (C=O) groups excluding carboxylic acids is 1. The zero-order valence-electron chi connectivity index (χ0n) is 10.5. The van der Waals surface area contributed by atoms with Gasteiger partial charge in [0.05, 0.1) is 0 Å². The summed E-state index contributed by atoms with van der Waals surface area (Å²) < 4.78 is 0. The minimum Gasteiger partial charge on any atom is -0.348 e. The highest BCUT2D eigenvalue weighted by molar-refractivity contribution is 5.94. The van der Waals surface area contributed by atoms with Crippen molar-refractivity contribution in [3.8, 4) is 0 Å². The van der Waals surface area contributed by atoms with E-state index in [2.05, 4.69) is 24.5 Å². The molecule has 1 aliphatic heterocycles. The summed E-state index contributed by atoms with van der Waals surface area (Å²) in [5, 5.41) is 6.28. The number of benzene rings is 1. The molecule has 2 rings (SSSR count). The van der Waals surface area contributed by atoms with Gasteiger partial charge in [0.15, 0.2) is 0 Å². The van der Waals surface area contributed by atoms with Crippen molar-refractivity contribution < 1.29 is 4.79 Å². The van der Waals surface area contributed by atoms with Crippen LogP contribution in [0.5, 0.6) is 0 Å². The standard InChI is InChI=1S/C14H20N2O/c1-10(2)11-3-5-12(6-4-11)14(17)16-13-7-8-15-9-13/h3-6,10,13,15H,7-9H2,1-2H3,(H,16,17). The first-order chi connectivity index (χ1) is 8.16. The average molecular weight is 232 g/mol. The molecule has 0 bridgehead atoms. The van der Waals surface area contributed by atoms with Crippen LogP contribution in [0.2, 0.25) is 0 Å². The van der Waals surface area contributed by atoms with Gasteiger partial charge in [0.2, 0.25) is 0 Å². The van der Waals surface area contributed by atoms with E-state index in [1.54, 1.807) is 0 Å². The highest BCUT2D eigenvalue weighted by Gasteiger charge is 2.17. The van der Waals surface area contributed by atoms with E-state index in [1.165, 1.54) is 5.56 Å². The van der Waals surface area contributed by atoms with Crippen molar-refractivity contribution in [3.63, 3.8) is 0 Å². The van der Waals surface area contributed by atoms with Crippen molar-refractivity contribution in [1.29, 1.82) is 0 Å². The highest BCUT2D eigenvalue weighted by atomic mass is 16.1. The summed E-state index contributed by atoms with van der Waals surface area (Å²) in [5.41, 5.74) is 2.02. The van der Waals surface area contributed by atoms with Gasteiger partial charge in [-0.1, -0.05) is 26.0 Å². The molecule has 92 valence electrons. The largest absolute Gasteiger partial charge is 0.348 e. The number of carbonyl (C=O) groups is 1. The normalized spacial score (nSPS) is 19.6. The Kier molecular flexibility index (Phi) is 3.79. The molecule has 0 radical (unpaired) electrons. The molecule has 1 amide bonds. The van der Waals surface area contributed by atoms with Crippen molar-refractivity contribution in [2.45, 2.75) is 32.2 Å². The van der Waals surface area contributed by atoms with Crippen LogP contribution < -0.4 is 10.6 Å². The molecule has 0 saturated carbocycles. The van der Waals surface area contributed by atoms with Crippen LogP contribution in [-0.4, -0.2) is 25.0 Å². The van der Waals surface area contributed by atoms with Gasteiger partial charge in [-0.3, -0.25) is 4.79 Å². The van der Waals surface area contributed by atoms with Crippen LogP contribution in [0.25, 0.3) is 0 Å². The van der Waals surface area contributed by atoms with Crippen LogP contribution in [-0.2, 0) is 0 Å². The number of hydrogen-bond acceptors (Lipinski definition) is 2. The van der Waals surface area contributed by atoms with Gasteiger partial charge in [-0.15, -0.1) is 0 Å². The number of rotatable bonds is 3. The van der Waals surface area contributed by atoms with E-state index >= 15 is 0 Å². The maximum Gasteiger partial charge on any atom is 0.251 e. The molecule has 1 aliphatic rings. The lowest BCUT2D eigenvalue weighted by Gasteiger charge is -2.12. The zero-order chi connectivity index (χ0) is 12.3. The Bertz CT molecular complexity index is 378. The average Bonchev–Trinajstić information content (AvgIpc) is 2.82. The minimum absolute atomic E-state index is 0.0361. The molecule has 1 aromatic carbocycles. The maximum atomic E-state index is 11.9. The van der Waals surface area contributed by atoms with E-state index in [0.717, 1.165) is 25.1 Å². The third kappa shape index (κ3) is 3.07. The van der Waals surface area contributed by atoms with Gasteiger partial charge >= 0.3 is 0 Å².